The van der Waals surface area contributed by atoms with Crippen molar-refractivity contribution in [2.45, 2.75) is 411 Å². The number of nitrogens with one attached hydrogen (secondary N) is 1. The van der Waals surface area contributed by atoms with Crippen LogP contribution in [0.15, 0.2) is 36.5 Å². The van der Waals surface area contributed by atoms with Gasteiger partial charge in [-0.1, -0.05) is 359 Å². The van der Waals surface area contributed by atoms with Gasteiger partial charge in [-0.15, -0.1) is 0 Å². The highest BCUT2D eigenvalue weighted by atomic mass is 16.5. The fraction of sp³-hybridized carbons (Fsp3) is 0.892. The molecule has 6 heteroatoms. The quantitative estimate of drug-likeness (QED) is 0.0320. The summed E-state index contributed by atoms with van der Waals surface area (Å²) in [5, 5.41) is 23.3. The van der Waals surface area contributed by atoms with E-state index >= 15 is 0 Å². The normalized spacial score (nSPS) is 12.7. The van der Waals surface area contributed by atoms with Gasteiger partial charge < -0.3 is 20.3 Å². The largest absolute Gasteiger partial charge is 0.466 e. The maximum atomic E-state index is 12.5. The highest BCUT2D eigenvalue weighted by Gasteiger charge is 2.18. The molecular weight excluding hydrogens is 983 g/mol. The van der Waals surface area contributed by atoms with Gasteiger partial charge in [0, 0.05) is 12.8 Å². The third-order valence-corrected chi connectivity index (χ3v) is 16.9. The van der Waals surface area contributed by atoms with E-state index in [1.165, 1.54) is 327 Å². The minimum absolute atomic E-state index is 0.0137. The third-order valence-electron chi connectivity index (χ3n) is 16.9. The van der Waals surface area contributed by atoms with Crippen LogP contribution in [0.4, 0.5) is 0 Å². The van der Waals surface area contributed by atoms with Gasteiger partial charge in [0.1, 0.15) is 0 Å². The lowest BCUT2D eigenvalue weighted by Crippen LogP contribution is -2.45. The fourth-order valence-electron chi connectivity index (χ4n) is 11.4. The van der Waals surface area contributed by atoms with Gasteiger partial charge >= 0.3 is 5.97 Å². The summed E-state index contributed by atoms with van der Waals surface area (Å²) in [7, 11) is 0. The van der Waals surface area contributed by atoms with Crippen molar-refractivity contribution in [3.63, 3.8) is 0 Å². The predicted octanol–water partition coefficient (Wildman–Crippen LogP) is 23.5. The number of aliphatic hydroxyl groups excluding tert-OH is 2. The van der Waals surface area contributed by atoms with Gasteiger partial charge in [0.15, 0.2) is 0 Å². The second-order valence-electron chi connectivity index (χ2n) is 24.9. The number of allylic oxidation sites excluding steroid dienone is 5. The molecule has 0 spiro atoms. The first kappa shape index (κ1) is 78.1. The first-order valence-corrected chi connectivity index (χ1v) is 36.3. The summed E-state index contributed by atoms with van der Waals surface area (Å²) in [5.41, 5.74) is 0. The minimum atomic E-state index is -0.846. The Hall–Kier alpha value is -1.92. The highest BCUT2D eigenvalue weighted by molar-refractivity contribution is 5.76. The molecular formula is C74H141NO5. The summed E-state index contributed by atoms with van der Waals surface area (Å²) in [6.07, 6.45) is 89.4. The molecule has 0 bridgehead atoms. The summed E-state index contributed by atoms with van der Waals surface area (Å²) in [6.45, 7) is 4.94. The summed E-state index contributed by atoms with van der Waals surface area (Å²) >= 11 is 0. The van der Waals surface area contributed by atoms with Crippen LogP contribution in [0, 0.1) is 0 Å². The van der Waals surface area contributed by atoms with Crippen molar-refractivity contribution in [1.82, 2.24) is 5.32 Å². The molecule has 0 fully saturated rings. The maximum Gasteiger partial charge on any atom is 0.305 e. The SMILES string of the molecule is CCCCCCCCCCCCCCCCCCCCC/C=C/C(O)C(CO)NC(=O)CCCCCCCCCCCCCCC/C=C\C/C=C\CCCCCCCCCCCOC(=O)CCCCCCCCCCCCCCC. The molecule has 0 radical (unpaired) electrons. The van der Waals surface area contributed by atoms with Crippen molar-refractivity contribution in [2.24, 2.45) is 0 Å². The number of unbranched alkanes of at least 4 members (excludes halogenated alkanes) is 53. The van der Waals surface area contributed by atoms with E-state index in [2.05, 4.69) is 43.5 Å². The van der Waals surface area contributed by atoms with E-state index in [1.807, 2.05) is 6.08 Å². The van der Waals surface area contributed by atoms with Gasteiger partial charge in [-0.3, -0.25) is 9.59 Å². The Morgan fingerprint density at radius 3 is 0.950 bits per heavy atom. The third kappa shape index (κ3) is 65.2. The molecule has 0 aliphatic carbocycles. The monoisotopic (exact) mass is 1120 g/mol. The number of amides is 1. The van der Waals surface area contributed by atoms with Gasteiger partial charge in [-0.05, 0) is 64.2 Å². The van der Waals surface area contributed by atoms with Crippen LogP contribution in [0.2, 0.25) is 0 Å². The van der Waals surface area contributed by atoms with E-state index in [1.54, 1.807) is 6.08 Å². The number of aliphatic hydroxyl groups is 2. The number of carbonyl (C=O) groups is 2. The first-order valence-electron chi connectivity index (χ1n) is 36.3. The number of ether oxygens (including phenoxy) is 1. The topological polar surface area (TPSA) is 95.9 Å². The maximum absolute atomic E-state index is 12.5. The van der Waals surface area contributed by atoms with Crippen molar-refractivity contribution in [3.05, 3.63) is 36.5 Å². The summed E-state index contributed by atoms with van der Waals surface area (Å²) in [5.74, 6) is -0.0515. The Labute approximate surface area is 500 Å². The number of esters is 1. The molecule has 2 unspecified atom stereocenters. The van der Waals surface area contributed by atoms with Crippen LogP contribution >= 0.6 is 0 Å². The number of hydrogen-bond donors (Lipinski definition) is 3. The van der Waals surface area contributed by atoms with Gasteiger partial charge in [0.05, 0.1) is 25.4 Å². The fourth-order valence-corrected chi connectivity index (χ4v) is 11.4. The zero-order valence-corrected chi connectivity index (χ0v) is 54.1. The average molecular weight is 1120 g/mol. The standard InChI is InChI=1S/C74H141NO5/c1-3-5-7-9-11-13-15-17-18-19-20-30-33-36-39-43-46-50-54-58-62-66-72(77)71(70-76)75-73(78)67-63-59-55-51-47-44-40-37-34-31-28-26-24-22-21-23-25-27-29-32-35-38-41-45-49-53-57-61-65-69-80-74(79)68-64-60-56-52-48-42-16-14-12-10-8-6-4-2/h21,23,27,29,62,66,71-72,76-77H,3-20,22,24-26,28,30-61,63-65,67-70H2,1-2H3,(H,75,78)/b23-21-,29-27-,66-62+. The highest BCUT2D eigenvalue weighted by Crippen LogP contribution is 2.19. The molecule has 3 N–H and O–H groups in total. The molecule has 0 heterocycles. The van der Waals surface area contributed by atoms with E-state index in [-0.39, 0.29) is 18.5 Å². The van der Waals surface area contributed by atoms with Crippen molar-refractivity contribution >= 4 is 11.9 Å². The first-order chi connectivity index (χ1) is 39.5. The number of rotatable bonds is 68. The van der Waals surface area contributed by atoms with Crippen LogP contribution in [0.1, 0.15) is 399 Å². The van der Waals surface area contributed by atoms with Crippen LogP contribution in [0.5, 0.6) is 0 Å². The van der Waals surface area contributed by atoms with Gasteiger partial charge in [0.2, 0.25) is 5.91 Å². The predicted molar refractivity (Wildman–Crippen MR) is 352 cm³/mol. The smallest absolute Gasteiger partial charge is 0.305 e. The average Bonchev–Trinajstić information content (AvgIpc) is 3.46. The van der Waals surface area contributed by atoms with Gasteiger partial charge in [-0.25, -0.2) is 0 Å². The second-order valence-corrected chi connectivity index (χ2v) is 24.9. The van der Waals surface area contributed by atoms with Crippen LogP contribution in [-0.2, 0) is 14.3 Å². The lowest BCUT2D eigenvalue weighted by molar-refractivity contribution is -0.143. The van der Waals surface area contributed by atoms with Crippen molar-refractivity contribution in [3.8, 4) is 0 Å². The van der Waals surface area contributed by atoms with E-state index in [4.69, 9.17) is 4.74 Å². The molecule has 0 rings (SSSR count). The molecule has 6 nitrogen and oxygen atoms in total. The van der Waals surface area contributed by atoms with E-state index in [0.717, 1.165) is 44.9 Å². The lowest BCUT2D eigenvalue weighted by Gasteiger charge is -2.20. The van der Waals surface area contributed by atoms with Crippen molar-refractivity contribution in [2.75, 3.05) is 13.2 Å². The van der Waals surface area contributed by atoms with Crippen LogP contribution in [0.3, 0.4) is 0 Å². The Kier molecular flexibility index (Phi) is 67.9. The zero-order valence-electron chi connectivity index (χ0n) is 54.1. The van der Waals surface area contributed by atoms with Crippen molar-refractivity contribution < 1.29 is 24.5 Å². The molecule has 0 aliphatic rings. The molecule has 2 atom stereocenters. The number of carbonyl (C=O) groups excluding carboxylic acids is 2. The Morgan fingerprint density at radius 2 is 0.625 bits per heavy atom. The molecule has 0 aromatic carbocycles. The molecule has 0 saturated carbocycles. The summed E-state index contributed by atoms with van der Waals surface area (Å²) in [4.78, 5) is 24.6. The summed E-state index contributed by atoms with van der Waals surface area (Å²) in [6, 6.07) is -0.630. The van der Waals surface area contributed by atoms with Crippen LogP contribution in [0.25, 0.3) is 0 Å². The zero-order chi connectivity index (χ0) is 57.8. The van der Waals surface area contributed by atoms with Gasteiger partial charge in [-0.2, -0.15) is 0 Å². The van der Waals surface area contributed by atoms with E-state index in [0.29, 0.717) is 19.4 Å². The van der Waals surface area contributed by atoms with E-state index < -0.39 is 12.1 Å². The molecule has 1 amide bonds. The molecule has 80 heavy (non-hydrogen) atoms. The Morgan fingerprint density at radius 1 is 0.350 bits per heavy atom. The molecule has 0 aromatic heterocycles. The van der Waals surface area contributed by atoms with Gasteiger partial charge in [0.25, 0.3) is 0 Å². The van der Waals surface area contributed by atoms with Crippen molar-refractivity contribution in [1.29, 1.82) is 0 Å². The lowest BCUT2D eigenvalue weighted by atomic mass is 10.0. The van der Waals surface area contributed by atoms with Crippen LogP contribution in [-0.4, -0.2) is 47.4 Å². The molecule has 0 aliphatic heterocycles. The minimum Gasteiger partial charge on any atom is -0.466 e. The molecule has 472 valence electrons. The summed E-state index contributed by atoms with van der Waals surface area (Å²) < 4.78 is 5.48. The second kappa shape index (κ2) is 69.6. The number of hydrogen-bond acceptors (Lipinski definition) is 5. The Bertz CT molecular complexity index is 1300. The van der Waals surface area contributed by atoms with Crippen LogP contribution < -0.4 is 5.32 Å². The molecule has 0 saturated heterocycles. The Balaban J connectivity index is 3.43. The molecule has 0 aromatic rings. The van der Waals surface area contributed by atoms with E-state index in [9.17, 15) is 19.8 Å².